The molecule has 3 rings (SSSR count). The molecule has 6 nitrogen and oxygen atoms in total. The maximum absolute atomic E-state index is 13.2. The van der Waals surface area contributed by atoms with E-state index < -0.39 is 11.7 Å². The normalized spacial score (nSPS) is 10.9. The highest BCUT2D eigenvalue weighted by atomic mass is 35.5. The van der Waals surface area contributed by atoms with Gasteiger partial charge < -0.3 is 10.3 Å². The first-order valence-electron chi connectivity index (χ1n) is 10.2. The average molecular weight is 456 g/mol. The summed E-state index contributed by atoms with van der Waals surface area (Å²) in [5, 5.41) is 2.81. The van der Waals surface area contributed by atoms with Crippen LogP contribution in [0.15, 0.2) is 42.5 Å². The highest BCUT2D eigenvalue weighted by Crippen LogP contribution is 2.21. The first-order valence-corrected chi connectivity index (χ1v) is 10.6. The maximum atomic E-state index is 13.2. The fourth-order valence-corrected chi connectivity index (χ4v) is 3.37. The molecular weight excluding hydrogens is 433 g/mol. The van der Waals surface area contributed by atoms with Crippen LogP contribution in [-0.2, 0) is 6.42 Å². The van der Waals surface area contributed by atoms with Gasteiger partial charge in [0.25, 0.3) is 5.91 Å². The van der Waals surface area contributed by atoms with E-state index in [2.05, 4.69) is 15.3 Å². The Bertz CT molecular complexity index is 1170. The van der Waals surface area contributed by atoms with Crippen LogP contribution in [-0.4, -0.2) is 27.4 Å². The smallest absolute Gasteiger partial charge is 0.274 e. The van der Waals surface area contributed by atoms with Gasteiger partial charge in [-0.05, 0) is 35.9 Å². The number of nitrogens with zero attached hydrogens (tertiary/aromatic N) is 1. The molecule has 0 atom stereocenters. The lowest BCUT2D eigenvalue weighted by Gasteiger charge is -2.07. The van der Waals surface area contributed by atoms with Gasteiger partial charge in [-0.3, -0.25) is 14.4 Å². The van der Waals surface area contributed by atoms with E-state index >= 15 is 0 Å². The third kappa shape index (κ3) is 5.29. The van der Waals surface area contributed by atoms with Crippen LogP contribution in [0.25, 0.3) is 0 Å². The van der Waals surface area contributed by atoms with Crippen molar-refractivity contribution in [1.82, 2.24) is 9.97 Å². The lowest BCUT2D eigenvalue weighted by Crippen LogP contribution is -2.16. The predicted octanol–water partition coefficient (Wildman–Crippen LogP) is 5.60. The number of carbonyl (C=O) groups is 3. The number of Topliss-reactive ketones (excluding diaryl/α,β-unsaturated/α-hetero) is 2. The van der Waals surface area contributed by atoms with E-state index in [1.807, 2.05) is 13.8 Å². The Hall–Kier alpha value is -3.32. The summed E-state index contributed by atoms with van der Waals surface area (Å²) in [6.07, 6.45) is 0.316. The minimum absolute atomic E-state index is 0.0337. The summed E-state index contributed by atoms with van der Waals surface area (Å²) in [5.74, 6) is -0.831. The summed E-state index contributed by atoms with van der Waals surface area (Å²) >= 11 is 5.96. The Kier molecular flexibility index (Phi) is 7.20. The number of H-pyrrole nitrogens is 1. The summed E-state index contributed by atoms with van der Waals surface area (Å²) in [5.41, 5.74) is 1.72. The molecule has 1 aromatic heterocycles. The number of anilines is 1. The fourth-order valence-electron chi connectivity index (χ4n) is 3.09. The number of benzene rings is 2. The predicted molar refractivity (Wildman–Crippen MR) is 121 cm³/mol. The molecule has 1 amide bonds. The lowest BCUT2D eigenvalue weighted by atomic mass is 10.0. The highest BCUT2D eigenvalue weighted by molar-refractivity contribution is 6.34. The van der Waals surface area contributed by atoms with Crippen LogP contribution in [0.4, 0.5) is 10.1 Å². The molecule has 0 saturated carbocycles. The molecule has 0 aliphatic carbocycles. The zero-order valence-electron chi connectivity index (χ0n) is 18.0. The van der Waals surface area contributed by atoms with E-state index in [-0.39, 0.29) is 52.3 Å². The molecule has 2 aromatic carbocycles. The van der Waals surface area contributed by atoms with Crippen LogP contribution < -0.4 is 5.32 Å². The SMILES string of the molecule is CCC(=O)c1nc(C(C)C)[nH]c1C(=O)Nc1ccc(CC(=O)c2ccc(F)cc2Cl)cc1. The molecule has 2 N–H and O–H groups in total. The van der Waals surface area contributed by atoms with E-state index in [1.165, 1.54) is 12.1 Å². The summed E-state index contributed by atoms with van der Waals surface area (Å²) in [6.45, 7) is 5.55. The van der Waals surface area contributed by atoms with Gasteiger partial charge in [-0.15, -0.1) is 0 Å². The number of aromatic amines is 1. The molecule has 32 heavy (non-hydrogen) atoms. The van der Waals surface area contributed by atoms with Gasteiger partial charge in [-0.25, -0.2) is 9.37 Å². The molecule has 3 aromatic rings. The van der Waals surface area contributed by atoms with Gasteiger partial charge in [-0.2, -0.15) is 0 Å². The van der Waals surface area contributed by atoms with E-state index in [9.17, 15) is 18.8 Å². The van der Waals surface area contributed by atoms with Crippen LogP contribution in [0, 0.1) is 5.82 Å². The van der Waals surface area contributed by atoms with Gasteiger partial charge in [0.1, 0.15) is 23.0 Å². The third-order valence-corrected chi connectivity index (χ3v) is 5.20. The van der Waals surface area contributed by atoms with Crippen molar-refractivity contribution in [3.05, 3.63) is 81.6 Å². The van der Waals surface area contributed by atoms with Crippen molar-refractivity contribution >= 4 is 34.8 Å². The van der Waals surface area contributed by atoms with E-state index in [1.54, 1.807) is 31.2 Å². The molecule has 0 radical (unpaired) electrons. The largest absolute Gasteiger partial charge is 0.337 e. The lowest BCUT2D eigenvalue weighted by molar-refractivity contribution is 0.0963. The number of hydrogen-bond acceptors (Lipinski definition) is 4. The molecule has 0 aliphatic rings. The van der Waals surface area contributed by atoms with E-state index in [0.29, 0.717) is 17.1 Å². The summed E-state index contributed by atoms with van der Waals surface area (Å²) < 4.78 is 13.2. The molecular formula is C24H23ClFN3O3. The number of carbonyl (C=O) groups excluding carboxylic acids is 3. The van der Waals surface area contributed by atoms with Crippen molar-refractivity contribution < 1.29 is 18.8 Å². The number of nitrogens with one attached hydrogen (secondary N) is 2. The second-order valence-corrected chi connectivity index (χ2v) is 8.06. The quantitative estimate of drug-likeness (QED) is 0.433. The molecule has 0 bridgehead atoms. The first-order chi connectivity index (χ1) is 15.2. The number of aromatic nitrogens is 2. The number of halogens is 2. The van der Waals surface area contributed by atoms with Gasteiger partial charge in [0.2, 0.25) is 0 Å². The van der Waals surface area contributed by atoms with Gasteiger partial charge in [0.15, 0.2) is 11.6 Å². The first kappa shape index (κ1) is 23.3. The molecule has 1 heterocycles. The van der Waals surface area contributed by atoms with Crippen LogP contribution in [0.3, 0.4) is 0 Å². The Labute approximate surface area is 190 Å². The second-order valence-electron chi connectivity index (χ2n) is 7.65. The summed E-state index contributed by atoms with van der Waals surface area (Å²) in [4.78, 5) is 44.7. The zero-order valence-corrected chi connectivity index (χ0v) is 18.7. The third-order valence-electron chi connectivity index (χ3n) is 4.89. The topological polar surface area (TPSA) is 91.9 Å². The Morgan fingerprint density at radius 2 is 1.78 bits per heavy atom. The second kappa shape index (κ2) is 9.87. The van der Waals surface area contributed by atoms with Crippen molar-refractivity contribution in [3.8, 4) is 0 Å². The molecule has 8 heteroatoms. The van der Waals surface area contributed by atoms with Crippen molar-refractivity contribution in [2.75, 3.05) is 5.32 Å². The van der Waals surface area contributed by atoms with Crippen molar-refractivity contribution in [2.24, 2.45) is 0 Å². The number of hydrogen-bond donors (Lipinski definition) is 2. The molecule has 0 unspecified atom stereocenters. The zero-order chi connectivity index (χ0) is 23.4. The minimum Gasteiger partial charge on any atom is -0.337 e. The van der Waals surface area contributed by atoms with Crippen LogP contribution in [0.5, 0.6) is 0 Å². The van der Waals surface area contributed by atoms with Crippen LogP contribution >= 0.6 is 11.6 Å². The van der Waals surface area contributed by atoms with Gasteiger partial charge in [-0.1, -0.05) is 44.5 Å². The Morgan fingerprint density at radius 1 is 1.09 bits per heavy atom. The number of imidazole rings is 1. The van der Waals surface area contributed by atoms with Crippen molar-refractivity contribution in [2.45, 2.75) is 39.5 Å². The maximum Gasteiger partial charge on any atom is 0.274 e. The Morgan fingerprint density at radius 3 is 2.38 bits per heavy atom. The molecule has 0 spiro atoms. The monoisotopic (exact) mass is 455 g/mol. The van der Waals surface area contributed by atoms with Gasteiger partial charge in [0, 0.05) is 30.0 Å². The standard InChI is InChI=1S/C24H23ClFN3O3/c1-4-19(30)21-22(29-23(28-21)13(2)3)24(32)27-16-8-5-14(6-9-16)11-20(31)17-10-7-15(26)12-18(17)25/h5-10,12-13H,4,11H2,1-3H3,(H,27,32)(H,28,29). The van der Waals surface area contributed by atoms with Crippen molar-refractivity contribution in [3.63, 3.8) is 0 Å². The highest BCUT2D eigenvalue weighted by Gasteiger charge is 2.23. The van der Waals surface area contributed by atoms with Gasteiger partial charge in [0.05, 0.1) is 5.02 Å². The molecule has 0 aliphatic heterocycles. The molecule has 0 fully saturated rings. The minimum atomic E-state index is -0.506. The number of ketones is 2. The summed E-state index contributed by atoms with van der Waals surface area (Å²) in [6, 6.07) is 10.4. The van der Waals surface area contributed by atoms with Crippen LogP contribution in [0.1, 0.15) is 75.8 Å². The van der Waals surface area contributed by atoms with Crippen molar-refractivity contribution in [1.29, 1.82) is 0 Å². The average Bonchev–Trinajstić information content (AvgIpc) is 3.20. The number of amides is 1. The number of rotatable bonds is 8. The van der Waals surface area contributed by atoms with Crippen LogP contribution in [0.2, 0.25) is 5.02 Å². The fraction of sp³-hybridized carbons (Fsp3) is 0.250. The molecule has 166 valence electrons. The Balaban J connectivity index is 1.72. The summed E-state index contributed by atoms with van der Waals surface area (Å²) in [7, 11) is 0. The van der Waals surface area contributed by atoms with Gasteiger partial charge >= 0.3 is 0 Å². The van der Waals surface area contributed by atoms with E-state index in [4.69, 9.17) is 11.6 Å². The van der Waals surface area contributed by atoms with E-state index in [0.717, 1.165) is 6.07 Å². The molecule has 0 saturated heterocycles.